The minimum atomic E-state index is -1.15. The molecular formula is C15H24N3O2P. The lowest BCUT2D eigenvalue weighted by atomic mass is 10.1. The van der Waals surface area contributed by atoms with Crippen LogP contribution in [0.25, 0.3) is 0 Å². The predicted octanol–water partition coefficient (Wildman–Crippen LogP) is 0.774. The van der Waals surface area contributed by atoms with Gasteiger partial charge >= 0.3 is 0 Å². The van der Waals surface area contributed by atoms with Crippen molar-refractivity contribution in [1.82, 2.24) is 4.90 Å². The number of aliphatic imine (C=N–C) groups is 1. The summed E-state index contributed by atoms with van der Waals surface area (Å²) in [6.45, 7) is 7.01. The lowest BCUT2D eigenvalue weighted by Gasteiger charge is -2.31. The number of aliphatic hydroxyl groups excluding tert-OH is 2. The predicted molar refractivity (Wildman–Crippen MR) is 91.0 cm³/mol. The highest BCUT2D eigenvalue weighted by Gasteiger charge is 2.38. The molecule has 1 aliphatic carbocycles. The highest BCUT2D eigenvalue weighted by Crippen LogP contribution is 2.39. The fourth-order valence-electron chi connectivity index (χ4n) is 2.49. The second-order valence-corrected chi connectivity index (χ2v) is 10.6. The Balaban J connectivity index is 2.14. The summed E-state index contributed by atoms with van der Waals surface area (Å²) in [5, 5.41) is 20.5. The second-order valence-electron chi connectivity index (χ2n) is 6.25. The van der Waals surface area contributed by atoms with Crippen LogP contribution in [0.4, 0.5) is 0 Å². The molecule has 0 aromatic carbocycles. The Morgan fingerprint density at radius 1 is 1.43 bits per heavy atom. The summed E-state index contributed by atoms with van der Waals surface area (Å²) in [6, 6.07) is -0.359. The Labute approximate surface area is 126 Å². The maximum absolute atomic E-state index is 10.3. The second kappa shape index (κ2) is 5.84. The van der Waals surface area contributed by atoms with E-state index in [1.807, 2.05) is 6.08 Å². The zero-order chi connectivity index (χ0) is 15.8. The molecule has 0 radical (unpaired) electrons. The van der Waals surface area contributed by atoms with Crippen LogP contribution in [-0.2, 0) is 0 Å². The lowest BCUT2D eigenvalue weighted by molar-refractivity contribution is 0.0222. The molecule has 6 heteroatoms. The van der Waals surface area contributed by atoms with Gasteiger partial charge in [0.1, 0.15) is 23.9 Å². The number of rotatable bonds is 4. The molecule has 5 nitrogen and oxygen atoms in total. The molecular weight excluding hydrogens is 285 g/mol. The van der Waals surface area contributed by atoms with Crippen LogP contribution in [0.3, 0.4) is 0 Å². The zero-order valence-electron chi connectivity index (χ0n) is 12.6. The van der Waals surface area contributed by atoms with E-state index in [1.165, 1.54) is 0 Å². The first kappa shape index (κ1) is 16.1. The Morgan fingerprint density at radius 3 is 2.67 bits per heavy atom. The molecule has 1 heterocycles. The van der Waals surface area contributed by atoms with Crippen LogP contribution < -0.4 is 5.73 Å². The van der Waals surface area contributed by atoms with Crippen molar-refractivity contribution in [3.8, 4) is 0 Å². The van der Waals surface area contributed by atoms with E-state index in [0.717, 1.165) is 18.2 Å². The molecule has 1 aliphatic heterocycles. The Morgan fingerprint density at radius 2 is 2.10 bits per heavy atom. The summed E-state index contributed by atoms with van der Waals surface area (Å²) in [7, 11) is 0. The van der Waals surface area contributed by atoms with Crippen molar-refractivity contribution >= 4 is 19.0 Å². The normalized spacial score (nSPS) is 29.6. The van der Waals surface area contributed by atoms with Gasteiger partial charge in [-0.3, -0.25) is 0 Å². The van der Waals surface area contributed by atoms with Crippen LogP contribution in [-0.4, -0.2) is 65.0 Å². The largest absolute Gasteiger partial charge is 0.388 e. The van der Waals surface area contributed by atoms with Gasteiger partial charge < -0.3 is 20.8 Å². The Kier molecular flexibility index (Phi) is 4.47. The molecule has 0 spiro atoms. The van der Waals surface area contributed by atoms with Crippen molar-refractivity contribution in [2.75, 3.05) is 19.5 Å². The van der Waals surface area contributed by atoms with E-state index in [1.54, 1.807) is 17.2 Å². The highest BCUT2D eigenvalue weighted by atomic mass is 31.2. The van der Waals surface area contributed by atoms with Crippen molar-refractivity contribution in [2.45, 2.75) is 24.7 Å². The molecule has 0 aromatic rings. The van der Waals surface area contributed by atoms with Gasteiger partial charge in [0.15, 0.2) is 0 Å². The molecule has 2 aliphatic rings. The molecule has 2 rings (SSSR count). The van der Waals surface area contributed by atoms with Crippen molar-refractivity contribution in [3.63, 3.8) is 0 Å². The lowest BCUT2D eigenvalue weighted by Crippen LogP contribution is -2.41. The van der Waals surface area contributed by atoms with Crippen molar-refractivity contribution in [2.24, 2.45) is 10.7 Å². The summed E-state index contributed by atoms with van der Waals surface area (Å²) in [5.74, 6) is 0.853. The van der Waals surface area contributed by atoms with Crippen molar-refractivity contribution in [1.29, 1.82) is 0 Å². The monoisotopic (exact) mass is 309 g/mol. The van der Waals surface area contributed by atoms with E-state index < -0.39 is 19.1 Å². The van der Waals surface area contributed by atoms with Crippen molar-refractivity contribution in [3.05, 3.63) is 36.3 Å². The highest BCUT2D eigenvalue weighted by molar-refractivity contribution is 7.72. The van der Waals surface area contributed by atoms with E-state index in [0.29, 0.717) is 11.7 Å². The topological polar surface area (TPSA) is 82.1 Å². The smallest absolute Gasteiger partial charge is 0.128 e. The van der Waals surface area contributed by atoms with Gasteiger partial charge in [-0.15, -0.1) is 13.2 Å². The average Bonchev–Trinajstić information content (AvgIpc) is 2.64. The van der Waals surface area contributed by atoms with E-state index >= 15 is 0 Å². The maximum Gasteiger partial charge on any atom is 0.128 e. The first-order valence-corrected chi connectivity index (χ1v) is 9.98. The molecule has 3 atom stereocenters. The summed E-state index contributed by atoms with van der Waals surface area (Å²) >= 11 is 0. The SMILES string of the molecule is C=C1N=C(N)C=CN1[C@@H]1C=C(CCP(=C)(C)C)[C@@H](O)[C@H]1O. The first-order chi connectivity index (χ1) is 9.69. The molecule has 0 bridgehead atoms. The standard InChI is InChI=1S/C15H24N3O2P/c1-10-17-13(16)5-7-18(10)12-9-11(14(19)15(12)20)6-8-21(2,3)4/h5,7,9,12,14-15,19-20H,1-2,6,8H2,3-4H3,(H2,16,17)/t12-,14-,15+/m1/s1. The van der Waals surface area contributed by atoms with Crippen LogP contribution >= 0.6 is 6.89 Å². The molecule has 116 valence electrons. The number of aliphatic hydroxyl groups is 2. The van der Waals surface area contributed by atoms with Gasteiger partial charge in [0.2, 0.25) is 0 Å². The minimum Gasteiger partial charge on any atom is -0.388 e. The van der Waals surface area contributed by atoms with Gasteiger partial charge in [-0.25, -0.2) is 4.99 Å². The molecule has 21 heavy (non-hydrogen) atoms. The molecule has 0 fully saturated rings. The molecule has 4 N–H and O–H groups in total. The fraction of sp³-hybridized carbons (Fsp3) is 0.467. The number of hydrogen-bond acceptors (Lipinski definition) is 5. The van der Waals surface area contributed by atoms with Crippen molar-refractivity contribution < 1.29 is 10.2 Å². The van der Waals surface area contributed by atoms with E-state index in [9.17, 15) is 10.2 Å². The Hall–Kier alpha value is -1.29. The first-order valence-electron chi connectivity index (χ1n) is 6.93. The van der Waals surface area contributed by atoms with E-state index in [-0.39, 0.29) is 6.04 Å². The van der Waals surface area contributed by atoms with Gasteiger partial charge in [0, 0.05) is 6.20 Å². The Bertz CT molecular complexity index is 573. The average molecular weight is 309 g/mol. The van der Waals surface area contributed by atoms with Crippen LogP contribution in [0, 0.1) is 0 Å². The maximum atomic E-state index is 10.3. The minimum absolute atomic E-state index is 0.359. The van der Waals surface area contributed by atoms with Gasteiger partial charge in [-0.2, -0.15) is 0 Å². The molecule has 0 saturated heterocycles. The van der Waals surface area contributed by atoms with Gasteiger partial charge in [0.05, 0.1) is 6.04 Å². The third kappa shape index (κ3) is 3.67. The summed E-state index contributed by atoms with van der Waals surface area (Å²) in [5.41, 5.74) is 6.48. The van der Waals surface area contributed by atoms with Crippen LogP contribution in [0.15, 0.2) is 41.3 Å². The van der Waals surface area contributed by atoms with E-state index in [2.05, 4.69) is 31.2 Å². The van der Waals surface area contributed by atoms with Gasteiger partial charge in [-0.05, 0) is 37.6 Å². The number of hydrogen-bond donors (Lipinski definition) is 3. The number of amidine groups is 1. The van der Waals surface area contributed by atoms with Crippen LogP contribution in [0.1, 0.15) is 6.42 Å². The molecule has 0 amide bonds. The third-order valence-electron chi connectivity index (χ3n) is 3.73. The summed E-state index contributed by atoms with van der Waals surface area (Å²) < 4.78 is 0. The molecule has 0 aromatic heterocycles. The van der Waals surface area contributed by atoms with Gasteiger partial charge in [0.25, 0.3) is 0 Å². The number of nitrogens with two attached hydrogens (primary N) is 1. The third-order valence-corrected chi connectivity index (χ3v) is 5.16. The summed E-state index contributed by atoms with van der Waals surface area (Å²) in [4.78, 5) is 5.83. The van der Waals surface area contributed by atoms with Gasteiger partial charge in [-0.1, -0.05) is 12.7 Å². The van der Waals surface area contributed by atoms with Crippen LogP contribution in [0.5, 0.6) is 0 Å². The quantitative estimate of drug-likeness (QED) is 0.529. The summed E-state index contributed by atoms with van der Waals surface area (Å²) in [6.07, 6.45) is 9.47. The van der Waals surface area contributed by atoms with E-state index in [4.69, 9.17) is 5.73 Å². The zero-order valence-corrected chi connectivity index (χ0v) is 13.5. The van der Waals surface area contributed by atoms with Crippen LogP contribution in [0.2, 0.25) is 0 Å². The molecule has 0 saturated carbocycles. The molecule has 0 unspecified atom stereocenters. The number of nitrogens with zero attached hydrogens (tertiary/aromatic N) is 2. The fourth-order valence-corrected chi connectivity index (χ4v) is 3.35.